The van der Waals surface area contributed by atoms with E-state index in [9.17, 15) is 0 Å². The van der Waals surface area contributed by atoms with Crippen molar-refractivity contribution in [1.29, 1.82) is 0 Å². The first-order valence-corrected chi connectivity index (χ1v) is 7.84. The number of aromatic nitrogens is 2. The van der Waals surface area contributed by atoms with Gasteiger partial charge in [-0.2, -0.15) is 5.10 Å². The number of hydrogen-bond donors (Lipinski definition) is 1. The fourth-order valence-corrected chi connectivity index (χ4v) is 2.86. The molecular weight excluding hydrogens is 330 g/mol. The van der Waals surface area contributed by atoms with Gasteiger partial charge in [0, 0.05) is 13.1 Å². The number of nitrogens with two attached hydrogens (primary N) is 1. The minimum atomic E-state index is 0.111. The Balaban J connectivity index is 2.23. The minimum absolute atomic E-state index is 0.111. The zero-order valence-electron chi connectivity index (χ0n) is 13.0. The molecule has 0 aliphatic carbocycles. The topological polar surface area (TPSA) is 53.1 Å². The number of benzene rings is 1. The highest BCUT2D eigenvalue weighted by molar-refractivity contribution is 9.10. The standard InChI is InChI=1S/C16H22BrN3O/c1-10-6-5-7-13(8-11(2)18)16(10)21-9-14-15(17)12(3)19-20(14)4/h5-7,11H,8-9,18H2,1-4H3. The maximum Gasteiger partial charge on any atom is 0.131 e. The molecule has 0 bridgehead atoms. The van der Waals surface area contributed by atoms with Crippen LogP contribution in [-0.4, -0.2) is 15.8 Å². The summed E-state index contributed by atoms with van der Waals surface area (Å²) in [5.74, 6) is 0.931. The van der Waals surface area contributed by atoms with Crippen LogP contribution < -0.4 is 10.5 Å². The van der Waals surface area contributed by atoms with E-state index in [-0.39, 0.29) is 6.04 Å². The molecule has 1 heterocycles. The van der Waals surface area contributed by atoms with Crippen LogP contribution in [0.4, 0.5) is 0 Å². The van der Waals surface area contributed by atoms with Crippen molar-refractivity contribution in [1.82, 2.24) is 9.78 Å². The maximum atomic E-state index is 6.08. The minimum Gasteiger partial charge on any atom is -0.487 e. The van der Waals surface area contributed by atoms with Crippen LogP contribution in [0.25, 0.3) is 0 Å². The quantitative estimate of drug-likeness (QED) is 0.899. The van der Waals surface area contributed by atoms with Crippen molar-refractivity contribution in [2.24, 2.45) is 12.8 Å². The second-order valence-corrected chi connectivity index (χ2v) is 6.30. The maximum absolute atomic E-state index is 6.08. The van der Waals surface area contributed by atoms with Crippen LogP contribution >= 0.6 is 15.9 Å². The summed E-state index contributed by atoms with van der Waals surface area (Å²) in [6.07, 6.45) is 0.808. The number of hydrogen-bond acceptors (Lipinski definition) is 3. The second kappa shape index (κ2) is 6.62. The molecule has 2 N–H and O–H groups in total. The van der Waals surface area contributed by atoms with E-state index in [1.807, 2.05) is 31.6 Å². The first-order valence-electron chi connectivity index (χ1n) is 7.05. The normalized spacial score (nSPS) is 12.5. The predicted octanol–water partition coefficient (Wildman–Crippen LogP) is 3.27. The van der Waals surface area contributed by atoms with Crippen LogP contribution in [0.2, 0.25) is 0 Å². The van der Waals surface area contributed by atoms with E-state index in [0.29, 0.717) is 6.61 Å². The van der Waals surface area contributed by atoms with Gasteiger partial charge in [0.05, 0.1) is 15.9 Å². The van der Waals surface area contributed by atoms with E-state index in [0.717, 1.165) is 39.2 Å². The molecule has 2 rings (SSSR count). The molecule has 0 aliphatic heterocycles. The van der Waals surface area contributed by atoms with Crippen LogP contribution in [0, 0.1) is 13.8 Å². The summed E-state index contributed by atoms with van der Waals surface area (Å²) in [4.78, 5) is 0. The molecule has 1 atom stereocenters. The highest BCUT2D eigenvalue weighted by Crippen LogP contribution is 2.27. The molecule has 0 amide bonds. The first-order chi connectivity index (χ1) is 9.90. The van der Waals surface area contributed by atoms with Gasteiger partial charge in [-0.3, -0.25) is 4.68 Å². The van der Waals surface area contributed by atoms with Crippen molar-refractivity contribution in [2.45, 2.75) is 39.8 Å². The Morgan fingerprint density at radius 3 is 2.67 bits per heavy atom. The van der Waals surface area contributed by atoms with Gasteiger partial charge in [-0.05, 0) is 54.2 Å². The van der Waals surface area contributed by atoms with Gasteiger partial charge >= 0.3 is 0 Å². The Morgan fingerprint density at radius 2 is 2.10 bits per heavy atom. The lowest BCUT2D eigenvalue weighted by Crippen LogP contribution is -2.18. The molecule has 1 aromatic carbocycles. The average Bonchev–Trinajstić information content (AvgIpc) is 2.63. The van der Waals surface area contributed by atoms with Crippen molar-refractivity contribution in [2.75, 3.05) is 0 Å². The number of ether oxygens (including phenoxy) is 1. The van der Waals surface area contributed by atoms with E-state index in [1.54, 1.807) is 0 Å². The fraction of sp³-hybridized carbons (Fsp3) is 0.438. The molecule has 0 saturated heterocycles. The lowest BCUT2D eigenvalue weighted by atomic mass is 10.0. The molecule has 0 spiro atoms. The number of rotatable bonds is 5. The zero-order valence-corrected chi connectivity index (χ0v) is 14.6. The molecule has 0 aliphatic rings. The van der Waals surface area contributed by atoms with Gasteiger partial charge in [0.1, 0.15) is 12.4 Å². The van der Waals surface area contributed by atoms with Crippen molar-refractivity contribution in [3.8, 4) is 5.75 Å². The molecular formula is C16H22BrN3O. The monoisotopic (exact) mass is 351 g/mol. The largest absolute Gasteiger partial charge is 0.487 e. The van der Waals surface area contributed by atoms with Gasteiger partial charge < -0.3 is 10.5 Å². The summed E-state index contributed by atoms with van der Waals surface area (Å²) >= 11 is 3.57. The van der Waals surface area contributed by atoms with Crippen LogP contribution in [-0.2, 0) is 20.1 Å². The molecule has 0 radical (unpaired) electrons. The third-order valence-corrected chi connectivity index (χ3v) is 4.48. The third-order valence-electron chi connectivity index (χ3n) is 3.45. The molecule has 1 aromatic heterocycles. The molecule has 114 valence electrons. The van der Waals surface area contributed by atoms with Crippen molar-refractivity contribution in [3.05, 3.63) is 45.2 Å². The second-order valence-electron chi connectivity index (χ2n) is 5.50. The Hall–Kier alpha value is -1.33. The first kappa shape index (κ1) is 16.0. The van der Waals surface area contributed by atoms with Gasteiger partial charge in [0.25, 0.3) is 0 Å². The number of halogens is 1. The van der Waals surface area contributed by atoms with Crippen LogP contribution in [0.5, 0.6) is 5.75 Å². The number of nitrogens with zero attached hydrogens (tertiary/aromatic N) is 2. The van der Waals surface area contributed by atoms with Gasteiger partial charge in [-0.15, -0.1) is 0 Å². The highest BCUT2D eigenvalue weighted by Gasteiger charge is 2.14. The lowest BCUT2D eigenvalue weighted by molar-refractivity contribution is 0.288. The van der Waals surface area contributed by atoms with Crippen LogP contribution in [0.15, 0.2) is 22.7 Å². The summed E-state index contributed by atoms with van der Waals surface area (Å²) < 4.78 is 8.94. The molecule has 2 aromatic rings. The van der Waals surface area contributed by atoms with Crippen molar-refractivity contribution < 1.29 is 4.74 Å². The molecule has 0 saturated carbocycles. The van der Waals surface area contributed by atoms with Gasteiger partial charge in [0.15, 0.2) is 0 Å². The summed E-state index contributed by atoms with van der Waals surface area (Å²) in [5, 5.41) is 4.39. The molecule has 1 unspecified atom stereocenters. The molecule has 21 heavy (non-hydrogen) atoms. The smallest absolute Gasteiger partial charge is 0.131 e. The fourth-order valence-electron chi connectivity index (χ4n) is 2.40. The van der Waals surface area contributed by atoms with Gasteiger partial charge in [0.2, 0.25) is 0 Å². The van der Waals surface area contributed by atoms with Gasteiger partial charge in [-0.1, -0.05) is 18.2 Å². The Labute approximate surface area is 134 Å². The predicted molar refractivity (Wildman–Crippen MR) is 88.5 cm³/mol. The Bertz CT molecular complexity index is 635. The summed E-state index contributed by atoms with van der Waals surface area (Å²) in [6, 6.07) is 6.29. The molecule has 4 nitrogen and oxygen atoms in total. The zero-order chi connectivity index (χ0) is 15.6. The Kier molecular flexibility index (Phi) is 5.06. The van der Waals surface area contributed by atoms with Crippen LogP contribution in [0.1, 0.15) is 29.4 Å². The molecule has 0 fully saturated rings. The molecule has 5 heteroatoms. The summed E-state index contributed by atoms with van der Waals surface area (Å²) in [6.45, 7) is 6.52. The van der Waals surface area contributed by atoms with E-state index in [4.69, 9.17) is 10.5 Å². The van der Waals surface area contributed by atoms with Gasteiger partial charge in [-0.25, -0.2) is 0 Å². The highest BCUT2D eigenvalue weighted by atomic mass is 79.9. The van der Waals surface area contributed by atoms with E-state index < -0.39 is 0 Å². The number of para-hydroxylation sites is 1. The summed E-state index contributed by atoms with van der Waals surface area (Å²) in [5.41, 5.74) is 10.2. The third kappa shape index (κ3) is 3.66. The average molecular weight is 352 g/mol. The van der Waals surface area contributed by atoms with Crippen molar-refractivity contribution >= 4 is 15.9 Å². The van der Waals surface area contributed by atoms with Crippen LogP contribution in [0.3, 0.4) is 0 Å². The number of aryl methyl sites for hydroxylation is 3. The van der Waals surface area contributed by atoms with Crippen molar-refractivity contribution in [3.63, 3.8) is 0 Å². The lowest BCUT2D eigenvalue weighted by Gasteiger charge is -2.16. The summed E-state index contributed by atoms with van der Waals surface area (Å²) in [7, 11) is 1.93. The van der Waals surface area contributed by atoms with E-state index in [1.165, 1.54) is 0 Å². The van der Waals surface area contributed by atoms with E-state index in [2.05, 4.69) is 40.1 Å². The SMILES string of the molecule is Cc1cccc(CC(C)N)c1OCc1c(Br)c(C)nn1C. The van der Waals surface area contributed by atoms with E-state index >= 15 is 0 Å². The Morgan fingerprint density at radius 1 is 1.38 bits per heavy atom.